The molecule has 1 N–H and O–H groups in total. The summed E-state index contributed by atoms with van der Waals surface area (Å²) in [4.78, 5) is 13.8. The van der Waals surface area contributed by atoms with E-state index >= 15 is 0 Å². The van der Waals surface area contributed by atoms with Crippen LogP contribution in [0.1, 0.15) is 25.3 Å². The van der Waals surface area contributed by atoms with Crippen molar-refractivity contribution in [1.82, 2.24) is 5.32 Å². The van der Waals surface area contributed by atoms with Gasteiger partial charge in [0.1, 0.15) is 6.61 Å². The number of hydrogen-bond acceptors (Lipinski definition) is 3. The molecule has 0 bridgehead atoms. The Morgan fingerprint density at radius 1 is 1.33 bits per heavy atom. The highest BCUT2D eigenvalue weighted by Gasteiger charge is 2.21. The summed E-state index contributed by atoms with van der Waals surface area (Å²) < 4.78 is 5.39. The van der Waals surface area contributed by atoms with Gasteiger partial charge in [0.2, 0.25) is 5.91 Å². The molecule has 1 aromatic rings. The summed E-state index contributed by atoms with van der Waals surface area (Å²) in [5, 5.41) is 2.99. The van der Waals surface area contributed by atoms with Crippen LogP contribution in [0.15, 0.2) is 24.3 Å². The van der Waals surface area contributed by atoms with Crippen LogP contribution < -0.4 is 10.2 Å². The monoisotopic (exact) mass is 290 g/mol. The average molecular weight is 290 g/mol. The molecule has 21 heavy (non-hydrogen) atoms. The number of amides is 1. The Kier molecular flexibility index (Phi) is 5.62. The topological polar surface area (TPSA) is 41.6 Å². The van der Waals surface area contributed by atoms with Gasteiger partial charge >= 0.3 is 0 Å². The first-order valence-electron chi connectivity index (χ1n) is 7.68. The van der Waals surface area contributed by atoms with Gasteiger partial charge in [-0.05, 0) is 49.8 Å². The Morgan fingerprint density at radius 3 is 2.57 bits per heavy atom. The predicted molar refractivity (Wildman–Crippen MR) is 85.6 cm³/mol. The zero-order valence-corrected chi connectivity index (χ0v) is 13.3. The summed E-state index contributed by atoms with van der Waals surface area (Å²) in [7, 11) is 4.05. The molecular formula is C17H26N2O2. The van der Waals surface area contributed by atoms with Crippen molar-refractivity contribution >= 4 is 11.6 Å². The second kappa shape index (κ2) is 7.46. The van der Waals surface area contributed by atoms with E-state index in [1.54, 1.807) is 0 Å². The summed E-state index contributed by atoms with van der Waals surface area (Å²) in [6.07, 6.45) is 3.34. The zero-order valence-electron chi connectivity index (χ0n) is 13.3. The maximum Gasteiger partial charge on any atom is 0.246 e. The fourth-order valence-corrected chi connectivity index (χ4v) is 2.25. The van der Waals surface area contributed by atoms with Gasteiger partial charge in [0.05, 0.1) is 6.61 Å². The molecule has 0 unspecified atom stereocenters. The summed E-state index contributed by atoms with van der Waals surface area (Å²) in [5.74, 6) is 0.679. The zero-order chi connectivity index (χ0) is 15.2. The Hall–Kier alpha value is -1.55. The van der Waals surface area contributed by atoms with E-state index in [0.29, 0.717) is 5.92 Å². The Morgan fingerprint density at radius 2 is 2.00 bits per heavy atom. The molecule has 1 saturated carbocycles. The first-order valence-corrected chi connectivity index (χ1v) is 7.68. The van der Waals surface area contributed by atoms with Crippen molar-refractivity contribution in [2.75, 3.05) is 32.2 Å². The Bertz CT molecular complexity index is 452. The molecule has 1 aromatic carbocycles. The third-order valence-electron chi connectivity index (χ3n) is 3.69. The molecule has 1 aliphatic rings. The number of benzene rings is 1. The van der Waals surface area contributed by atoms with Crippen LogP contribution in [0.5, 0.6) is 0 Å². The fourth-order valence-electron chi connectivity index (χ4n) is 2.25. The van der Waals surface area contributed by atoms with E-state index in [4.69, 9.17) is 4.74 Å². The van der Waals surface area contributed by atoms with E-state index in [1.807, 2.05) is 21.0 Å². The molecule has 1 amide bonds. The second-order valence-electron chi connectivity index (χ2n) is 6.19. The largest absolute Gasteiger partial charge is 0.378 e. The lowest BCUT2D eigenvalue weighted by atomic mass is 10.1. The van der Waals surface area contributed by atoms with Crippen molar-refractivity contribution in [3.8, 4) is 0 Å². The maximum absolute atomic E-state index is 11.7. The van der Waals surface area contributed by atoms with Crippen LogP contribution in [0, 0.1) is 5.92 Å². The van der Waals surface area contributed by atoms with Gasteiger partial charge in [0.15, 0.2) is 0 Å². The van der Waals surface area contributed by atoms with E-state index in [2.05, 4.69) is 34.5 Å². The maximum atomic E-state index is 11.7. The van der Waals surface area contributed by atoms with Crippen LogP contribution in [0.3, 0.4) is 0 Å². The van der Waals surface area contributed by atoms with Crippen molar-refractivity contribution in [1.29, 1.82) is 0 Å². The second-order valence-corrected chi connectivity index (χ2v) is 6.19. The van der Waals surface area contributed by atoms with Crippen LogP contribution in [0.2, 0.25) is 0 Å². The lowest BCUT2D eigenvalue weighted by Crippen LogP contribution is -2.36. The predicted octanol–water partition coefficient (Wildman–Crippen LogP) is 2.23. The normalized spacial score (nSPS) is 15.6. The molecule has 116 valence electrons. The van der Waals surface area contributed by atoms with E-state index in [1.165, 1.54) is 24.1 Å². The first kappa shape index (κ1) is 15.8. The number of carbonyl (C=O) groups is 1. The summed E-state index contributed by atoms with van der Waals surface area (Å²) in [6.45, 7) is 2.94. The lowest BCUT2D eigenvalue weighted by Gasteiger charge is -2.16. The van der Waals surface area contributed by atoms with Gasteiger partial charge in [-0.3, -0.25) is 4.79 Å². The molecule has 2 rings (SSSR count). The average Bonchev–Trinajstić information content (AvgIpc) is 3.23. The molecule has 0 aromatic heterocycles. The van der Waals surface area contributed by atoms with Crippen molar-refractivity contribution < 1.29 is 9.53 Å². The summed E-state index contributed by atoms with van der Waals surface area (Å²) >= 11 is 0. The molecule has 1 aliphatic carbocycles. The minimum Gasteiger partial charge on any atom is -0.378 e. The molecule has 4 heteroatoms. The van der Waals surface area contributed by atoms with E-state index < -0.39 is 0 Å². The van der Waals surface area contributed by atoms with Crippen LogP contribution in [-0.4, -0.2) is 39.3 Å². The highest BCUT2D eigenvalue weighted by molar-refractivity contribution is 5.77. The number of nitrogens with one attached hydrogen (secondary N) is 1. The summed E-state index contributed by atoms with van der Waals surface area (Å²) in [5.41, 5.74) is 2.41. The van der Waals surface area contributed by atoms with Crippen molar-refractivity contribution in [2.45, 2.75) is 32.2 Å². The van der Waals surface area contributed by atoms with E-state index in [9.17, 15) is 4.79 Å². The Balaban J connectivity index is 1.69. The summed E-state index contributed by atoms with van der Waals surface area (Å²) in [6, 6.07) is 8.54. The quantitative estimate of drug-likeness (QED) is 0.798. The molecule has 1 atom stereocenters. The van der Waals surface area contributed by atoms with Gasteiger partial charge in [0, 0.05) is 25.8 Å². The van der Waals surface area contributed by atoms with Gasteiger partial charge in [-0.25, -0.2) is 0 Å². The van der Waals surface area contributed by atoms with Gasteiger partial charge < -0.3 is 15.0 Å². The first-order chi connectivity index (χ1) is 10.0. The van der Waals surface area contributed by atoms with Gasteiger partial charge in [-0.2, -0.15) is 0 Å². The molecular weight excluding hydrogens is 264 g/mol. The number of hydrogen-bond donors (Lipinski definition) is 1. The standard InChI is InChI=1S/C17H26N2O2/c1-13(18-17(20)12-21-11-15-4-5-15)10-14-6-8-16(9-7-14)19(2)3/h6-9,13,15H,4-5,10-12H2,1-3H3,(H,18,20)/t13-/m1/s1. The van der Waals surface area contributed by atoms with E-state index in [0.717, 1.165) is 13.0 Å². The minimum absolute atomic E-state index is 0.0203. The number of carbonyl (C=O) groups excluding carboxylic acids is 1. The third kappa shape index (κ3) is 5.76. The highest BCUT2D eigenvalue weighted by Crippen LogP contribution is 2.28. The molecule has 0 saturated heterocycles. The van der Waals surface area contributed by atoms with E-state index in [-0.39, 0.29) is 18.6 Å². The van der Waals surface area contributed by atoms with Crippen LogP contribution in [0.25, 0.3) is 0 Å². The van der Waals surface area contributed by atoms with Crippen molar-refractivity contribution in [3.05, 3.63) is 29.8 Å². The molecule has 0 radical (unpaired) electrons. The van der Waals surface area contributed by atoms with Crippen molar-refractivity contribution in [3.63, 3.8) is 0 Å². The van der Waals surface area contributed by atoms with Gasteiger partial charge in [-0.1, -0.05) is 12.1 Å². The SMILES string of the molecule is C[C@H](Cc1ccc(N(C)C)cc1)NC(=O)COCC1CC1. The highest BCUT2D eigenvalue weighted by atomic mass is 16.5. The molecule has 4 nitrogen and oxygen atoms in total. The Labute approximate surface area is 127 Å². The number of rotatable bonds is 8. The number of anilines is 1. The lowest BCUT2D eigenvalue weighted by molar-refractivity contribution is -0.126. The molecule has 0 spiro atoms. The van der Waals surface area contributed by atoms with Crippen LogP contribution >= 0.6 is 0 Å². The van der Waals surface area contributed by atoms with Crippen LogP contribution in [0.4, 0.5) is 5.69 Å². The van der Waals surface area contributed by atoms with Crippen molar-refractivity contribution in [2.24, 2.45) is 5.92 Å². The fraction of sp³-hybridized carbons (Fsp3) is 0.588. The molecule has 0 heterocycles. The number of nitrogens with zero attached hydrogens (tertiary/aromatic N) is 1. The minimum atomic E-state index is -0.0203. The smallest absolute Gasteiger partial charge is 0.246 e. The molecule has 1 fully saturated rings. The van der Waals surface area contributed by atoms with Gasteiger partial charge in [-0.15, -0.1) is 0 Å². The number of ether oxygens (including phenoxy) is 1. The van der Waals surface area contributed by atoms with Gasteiger partial charge in [0.25, 0.3) is 0 Å². The van der Waals surface area contributed by atoms with Crippen LogP contribution in [-0.2, 0) is 16.0 Å². The molecule has 0 aliphatic heterocycles. The third-order valence-corrected chi connectivity index (χ3v) is 3.69.